The summed E-state index contributed by atoms with van der Waals surface area (Å²) in [7, 11) is 0. The molecule has 1 atom stereocenters. The zero-order chi connectivity index (χ0) is 17.3. The van der Waals surface area contributed by atoms with Crippen LogP contribution in [0.4, 0.5) is 5.69 Å². The first-order valence-electron chi connectivity index (χ1n) is 7.63. The highest BCUT2D eigenvalue weighted by Gasteiger charge is 2.46. The number of rotatable bonds is 5. The number of phenolic OH excluding ortho intramolecular Hbond substituents is 1. The minimum atomic E-state index is -0.671. The van der Waals surface area contributed by atoms with Crippen molar-refractivity contribution in [3.05, 3.63) is 81.9 Å². The monoisotopic (exact) mass is 320 g/mol. The van der Waals surface area contributed by atoms with E-state index in [-0.39, 0.29) is 17.4 Å². The minimum absolute atomic E-state index is 0.369. The van der Waals surface area contributed by atoms with Gasteiger partial charge in [0.1, 0.15) is 0 Å². The molecule has 120 valence electrons. The minimum Gasteiger partial charge on any atom is -0.502 e. The summed E-state index contributed by atoms with van der Waals surface area (Å²) in [5.41, 5.74) is 0.826. The van der Waals surface area contributed by atoms with Gasteiger partial charge in [0.15, 0.2) is 5.75 Å². The fourth-order valence-electron chi connectivity index (χ4n) is 2.99. The van der Waals surface area contributed by atoms with Gasteiger partial charge in [-0.2, -0.15) is 5.26 Å². The predicted molar refractivity (Wildman–Crippen MR) is 89.8 cm³/mol. The van der Waals surface area contributed by atoms with Gasteiger partial charge in [0.25, 0.3) is 0 Å². The van der Waals surface area contributed by atoms with Crippen LogP contribution >= 0.6 is 0 Å². The van der Waals surface area contributed by atoms with E-state index in [1.54, 1.807) is 12.1 Å². The molecule has 1 aliphatic carbocycles. The van der Waals surface area contributed by atoms with E-state index in [1.165, 1.54) is 6.07 Å². The van der Waals surface area contributed by atoms with E-state index in [0.717, 1.165) is 5.56 Å². The van der Waals surface area contributed by atoms with Crippen LogP contribution in [0, 0.1) is 21.4 Å². The van der Waals surface area contributed by atoms with Crippen LogP contribution in [0.15, 0.2) is 55.1 Å². The van der Waals surface area contributed by atoms with E-state index < -0.39 is 10.3 Å². The number of hydrogen-bond acceptors (Lipinski definition) is 4. The molecule has 5 heteroatoms. The van der Waals surface area contributed by atoms with E-state index >= 15 is 0 Å². The Hall–Kier alpha value is -3.13. The highest BCUT2D eigenvalue weighted by atomic mass is 16.6. The van der Waals surface area contributed by atoms with Crippen LogP contribution < -0.4 is 0 Å². The molecule has 0 aromatic heterocycles. The van der Waals surface area contributed by atoms with Crippen LogP contribution in [-0.2, 0) is 5.41 Å². The van der Waals surface area contributed by atoms with Gasteiger partial charge in [0, 0.05) is 17.5 Å². The number of benzene rings is 2. The Morgan fingerprint density at radius 3 is 2.50 bits per heavy atom. The first-order valence-corrected chi connectivity index (χ1v) is 7.63. The molecule has 1 N–H and O–H groups in total. The summed E-state index contributed by atoms with van der Waals surface area (Å²) >= 11 is 0. The van der Waals surface area contributed by atoms with E-state index in [0.29, 0.717) is 24.0 Å². The summed E-state index contributed by atoms with van der Waals surface area (Å²) in [6.07, 6.45) is 2.99. The average molecular weight is 320 g/mol. The summed E-state index contributed by atoms with van der Waals surface area (Å²) in [6.45, 7) is 3.81. The van der Waals surface area contributed by atoms with E-state index in [9.17, 15) is 20.5 Å². The quantitative estimate of drug-likeness (QED) is 0.509. The third kappa shape index (κ3) is 2.52. The van der Waals surface area contributed by atoms with Crippen LogP contribution in [0.25, 0.3) is 0 Å². The normalized spacial score (nSPS) is 16.0. The topological polar surface area (TPSA) is 87.2 Å². The number of nitro groups is 1. The number of phenols is 1. The van der Waals surface area contributed by atoms with Crippen molar-refractivity contribution >= 4 is 5.69 Å². The molecule has 1 fully saturated rings. The summed E-state index contributed by atoms with van der Waals surface area (Å²) in [4.78, 5) is 10.7. The molecule has 1 unspecified atom stereocenters. The van der Waals surface area contributed by atoms with Crippen LogP contribution in [0.1, 0.15) is 35.4 Å². The number of hydrogen-bond donors (Lipinski definition) is 1. The molecule has 2 aromatic carbocycles. The van der Waals surface area contributed by atoms with Crippen molar-refractivity contribution in [2.75, 3.05) is 0 Å². The largest absolute Gasteiger partial charge is 0.502 e. The third-order valence-electron chi connectivity index (χ3n) is 4.56. The van der Waals surface area contributed by atoms with E-state index in [1.807, 2.05) is 30.3 Å². The van der Waals surface area contributed by atoms with Gasteiger partial charge in [-0.1, -0.05) is 36.4 Å². The van der Waals surface area contributed by atoms with Crippen molar-refractivity contribution < 1.29 is 10.0 Å². The molecule has 0 aliphatic heterocycles. The van der Waals surface area contributed by atoms with Gasteiger partial charge >= 0.3 is 5.69 Å². The van der Waals surface area contributed by atoms with Gasteiger partial charge < -0.3 is 5.11 Å². The highest BCUT2D eigenvalue weighted by molar-refractivity contribution is 5.60. The number of aromatic hydroxyl groups is 1. The molecule has 0 saturated heterocycles. The first kappa shape index (κ1) is 15.8. The number of allylic oxidation sites excluding steroid dienone is 1. The average Bonchev–Trinajstić information content (AvgIpc) is 3.39. The molecular formula is C19H16N2O3. The maximum Gasteiger partial charge on any atom is 0.311 e. The molecule has 0 amide bonds. The fraction of sp³-hybridized carbons (Fsp3) is 0.211. The Morgan fingerprint density at radius 1 is 1.33 bits per heavy atom. The SMILES string of the molecule is C=CC(c1ccccc1)c1cc(C2(C#N)CC2)cc([N+](=O)[O-])c1O. The summed E-state index contributed by atoms with van der Waals surface area (Å²) in [5.74, 6) is -0.759. The van der Waals surface area contributed by atoms with Crippen molar-refractivity contribution in [1.82, 2.24) is 0 Å². The number of nitriles is 1. The highest BCUT2D eigenvalue weighted by Crippen LogP contribution is 2.51. The second-order valence-corrected chi connectivity index (χ2v) is 6.01. The Balaban J connectivity index is 2.21. The molecule has 0 radical (unpaired) electrons. The van der Waals surface area contributed by atoms with Crippen molar-refractivity contribution in [2.45, 2.75) is 24.2 Å². The van der Waals surface area contributed by atoms with Gasteiger partial charge in [0.05, 0.1) is 16.4 Å². The molecule has 0 bridgehead atoms. The predicted octanol–water partition coefficient (Wildman–Crippen LogP) is 4.17. The van der Waals surface area contributed by atoms with Crippen molar-refractivity contribution in [3.8, 4) is 11.8 Å². The van der Waals surface area contributed by atoms with Crippen molar-refractivity contribution in [1.29, 1.82) is 5.26 Å². The molecule has 5 nitrogen and oxygen atoms in total. The smallest absolute Gasteiger partial charge is 0.311 e. The van der Waals surface area contributed by atoms with Crippen LogP contribution in [-0.4, -0.2) is 10.0 Å². The Morgan fingerprint density at radius 2 is 2.00 bits per heavy atom. The number of nitrogens with zero attached hydrogens (tertiary/aromatic N) is 2. The summed E-state index contributed by atoms with van der Waals surface area (Å²) in [5, 5.41) is 31.2. The second-order valence-electron chi connectivity index (χ2n) is 6.01. The molecule has 0 spiro atoms. The number of nitro benzene ring substituents is 1. The Kier molecular flexibility index (Phi) is 3.82. The van der Waals surface area contributed by atoms with Crippen LogP contribution in [0.5, 0.6) is 5.75 Å². The first-order chi connectivity index (χ1) is 11.5. The van der Waals surface area contributed by atoms with E-state index in [4.69, 9.17) is 0 Å². The lowest BCUT2D eigenvalue weighted by Gasteiger charge is -2.18. The van der Waals surface area contributed by atoms with Crippen molar-refractivity contribution in [3.63, 3.8) is 0 Å². The second kappa shape index (κ2) is 5.82. The lowest BCUT2D eigenvalue weighted by atomic mass is 9.86. The van der Waals surface area contributed by atoms with Gasteiger partial charge in [0.2, 0.25) is 0 Å². The fourth-order valence-corrected chi connectivity index (χ4v) is 2.99. The third-order valence-corrected chi connectivity index (χ3v) is 4.56. The molecule has 1 aliphatic rings. The zero-order valence-corrected chi connectivity index (χ0v) is 13.0. The maximum atomic E-state index is 11.3. The van der Waals surface area contributed by atoms with Crippen LogP contribution in [0.2, 0.25) is 0 Å². The Labute approximate surface area is 139 Å². The summed E-state index contributed by atoms with van der Waals surface area (Å²) < 4.78 is 0. The van der Waals surface area contributed by atoms with Crippen molar-refractivity contribution in [2.24, 2.45) is 0 Å². The molecule has 1 saturated carbocycles. The van der Waals surface area contributed by atoms with Gasteiger partial charge in [-0.05, 0) is 30.0 Å². The van der Waals surface area contributed by atoms with Gasteiger partial charge in [-0.25, -0.2) is 0 Å². The molecule has 0 heterocycles. The molecular weight excluding hydrogens is 304 g/mol. The van der Waals surface area contributed by atoms with Crippen LogP contribution in [0.3, 0.4) is 0 Å². The van der Waals surface area contributed by atoms with Gasteiger partial charge in [-0.15, -0.1) is 6.58 Å². The standard InChI is InChI=1S/C19H16N2O3/c1-2-15(13-6-4-3-5-7-13)16-10-14(19(12-20)8-9-19)11-17(18(16)22)21(23)24/h2-7,10-11,15,22H,1,8-9H2. The zero-order valence-electron chi connectivity index (χ0n) is 13.0. The van der Waals surface area contributed by atoms with E-state index in [2.05, 4.69) is 12.6 Å². The lowest BCUT2D eigenvalue weighted by molar-refractivity contribution is -0.386. The molecule has 2 aromatic rings. The maximum absolute atomic E-state index is 11.3. The van der Waals surface area contributed by atoms with Gasteiger partial charge in [-0.3, -0.25) is 10.1 Å². The Bertz CT molecular complexity index is 849. The summed E-state index contributed by atoms with van der Waals surface area (Å²) in [6, 6.07) is 14.6. The lowest BCUT2D eigenvalue weighted by Crippen LogP contribution is -2.07. The molecule has 24 heavy (non-hydrogen) atoms. The molecule has 3 rings (SSSR count).